The van der Waals surface area contributed by atoms with Gasteiger partial charge >= 0.3 is 0 Å². The van der Waals surface area contributed by atoms with Crippen molar-refractivity contribution in [3.63, 3.8) is 0 Å². The average Bonchev–Trinajstić information content (AvgIpc) is 3.24. The molecule has 0 saturated heterocycles. The molecular weight excluding hydrogens is 456 g/mol. The summed E-state index contributed by atoms with van der Waals surface area (Å²) >= 11 is 1.32. The summed E-state index contributed by atoms with van der Waals surface area (Å²) in [5.41, 5.74) is 12.4. The Morgan fingerprint density at radius 1 is 0.857 bits per heavy atom. The third kappa shape index (κ3) is 4.13. The SMILES string of the molecule is COc1ccc(-c2cc(-c3ccc(C)cc3)nc3sc(C(=O)c4ccccc4)c(N)c23)cc1OC. The summed E-state index contributed by atoms with van der Waals surface area (Å²) < 4.78 is 11.0. The Kier molecular flexibility index (Phi) is 5.97. The van der Waals surface area contributed by atoms with Gasteiger partial charge in [0.15, 0.2) is 11.5 Å². The van der Waals surface area contributed by atoms with Gasteiger partial charge in [0.25, 0.3) is 0 Å². The molecule has 2 N–H and O–H groups in total. The van der Waals surface area contributed by atoms with Gasteiger partial charge in [-0.15, -0.1) is 11.3 Å². The van der Waals surface area contributed by atoms with Crippen LogP contribution >= 0.6 is 11.3 Å². The number of carbonyl (C=O) groups is 1. The maximum Gasteiger partial charge on any atom is 0.205 e. The van der Waals surface area contributed by atoms with Crippen LogP contribution in [0.4, 0.5) is 5.69 Å². The Morgan fingerprint density at radius 3 is 2.23 bits per heavy atom. The molecular formula is C29H24N2O3S. The molecule has 0 fully saturated rings. The molecule has 2 heterocycles. The van der Waals surface area contributed by atoms with Crippen molar-refractivity contribution in [1.82, 2.24) is 4.98 Å². The first kappa shape index (κ1) is 22.6. The van der Waals surface area contributed by atoms with Crippen LogP contribution in [0.2, 0.25) is 0 Å². The Bertz CT molecular complexity index is 1540. The van der Waals surface area contributed by atoms with Crippen molar-refractivity contribution in [1.29, 1.82) is 0 Å². The minimum atomic E-state index is -0.110. The van der Waals surface area contributed by atoms with Gasteiger partial charge in [-0.3, -0.25) is 4.79 Å². The molecule has 0 atom stereocenters. The van der Waals surface area contributed by atoms with Crippen LogP contribution < -0.4 is 15.2 Å². The van der Waals surface area contributed by atoms with Crippen molar-refractivity contribution in [2.75, 3.05) is 20.0 Å². The number of anilines is 1. The van der Waals surface area contributed by atoms with E-state index >= 15 is 0 Å². The molecule has 0 aliphatic carbocycles. The van der Waals surface area contributed by atoms with Crippen molar-refractivity contribution < 1.29 is 14.3 Å². The number of nitrogens with two attached hydrogens (primary N) is 1. The number of fused-ring (bicyclic) bond motifs is 1. The van der Waals surface area contributed by atoms with Crippen molar-refractivity contribution in [2.24, 2.45) is 0 Å². The number of ether oxygens (including phenoxy) is 2. The topological polar surface area (TPSA) is 74.4 Å². The number of nitrogen functional groups attached to an aromatic ring is 1. The van der Waals surface area contributed by atoms with Crippen LogP contribution in [-0.4, -0.2) is 25.0 Å². The molecule has 0 spiro atoms. The van der Waals surface area contributed by atoms with Gasteiger partial charge in [0.05, 0.1) is 25.6 Å². The second kappa shape index (κ2) is 9.24. The van der Waals surface area contributed by atoms with E-state index < -0.39 is 0 Å². The highest BCUT2D eigenvalue weighted by atomic mass is 32.1. The Morgan fingerprint density at radius 2 is 1.54 bits per heavy atom. The first-order chi connectivity index (χ1) is 17.0. The molecule has 2 aromatic heterocycles. The van der Waals surface area contributed by atoms with E-state index in [1.165, 1.54) is 16.9 Å². The smallest absolute Gasteiger partial charge is 0.205 e. The lowest BCUT2D eigenvalue weighted by atomic mass is 9.98. The molecule has 0 unspecified atom stereocenters. The zero-order chi connectivity index (χ0) is 24.5. The number of aryl methyl sites for hydroxylation is 1. The summed E-state index contributed by atoms with van der Waals surface area (Å²) in [6, 6.07) is 25.2. The normalized spacial score (nSPS) is 10.9. The minimum absolute atomic E-state index is 0.110. The van der Waals surface area contributed by atoms with E-state index in [0.717, 1.165) is 27.8 Å². The number of methoxy groups -OCH3 is 2. The lowest BCUT2D eigenvalue weighted by molar-refractivity contribution is 0.104. The van der Waals surface area contributed by atoms with Crippen LogP contribution in [0.3, 0.4) is 0 Å². The van der Waals surface area contributed by atoms with Crippen molar-refractivity contribution in [3.8, 4) is 33.9 Å². The molecule has 0 aliphatic rings. The predicted octanol–water partition coefficient (Wildman–Crippen LogP) is 6.77. The molecule has 174 valence electrons. The number of rotatable bonds is 6. The number of thiophene rings is 1. The average molecular weight is 481 g/mol. The number of hydrogen-bond acceptors (Lipinski definition) is 6. The van der Waals surface area contributed by atoms with E-state index in [9.17, 15) is 4.79 Å². The van der Waals surface area contributed by atoms with E-state index in [1.54, 1.807) is 26.4 Å². The molecule has 6 heteroatoms. The molecule has 5 aromatic rings. The predicted molar refractivity (Wildman–Crippen MR) is 143 cm³/mol. The zero-order valence-corrected chi connectivity index (χ0v) is 20.5. The highest BCUT2D eigenvalue weighted by molar-refractivity contribution is 7.21. The molecule has 5 nitrogen and oxygen atoms in total. The number of aromatic nitrogens is 1. The van der Waals surface area contributed by atoms with Gasteiger partial charge in [-0.1, -0.05) is 66.2 Å². The van der Waals surface area contributed by atoms with E-state index in [1.807, 2.05) is 42.5 Å². The number of ketones is 1. The summed E-state index contributed by atoms with van der Waals surface area (Å²) in [6.45, 7) is 2.05. The van der Waals surface area contributed by atoms with Crippen LogP contribution in [-0.2, 0) is 0 Å². The van der Waals surface area contributed by atoms with Crippen LogP contribution in [0.25, 0.3) is 32.6 Å². The van der Waals surface area contributed by atoms with Crippen molar-refractivity contribution >= 4 is 33.0 Å². The Labute approximate surface area is 207 Å². The van der Waals surface area contributed by atoms with Gasteiger partial charge in [-0.25, -0.2) is 4.98 Å². The highest BCUT2D eigenvalue weighted by Crippen LogP contribution is 2.43. The molecule has 0 bridgehead atoms. The van der Waals surface area contributed by atoms with Crippen molar-refractivity contribution in [2.45, 2.75) is 6.92 Å². The molecule has 0 saturated carbocycles. The number of carbonyl (C=O) groups excluding carboxylic acids is 1. The van der Waals surface area contributed by atoms with Crippen LogP contribution in [0.15, 0.2) is 78.9 Å². The fourth-order valence-electron chi connectivity index (χ4n) is 4.11. The highest BCUT2D eigenvalue weighted by Gasteiger charge is 2.23. The quantitative estimate of drug-likeness (QED) is 0.272. The van der Waals surface area contributed by atoms with E-state index in [0.29, 0.717) is 32.5 Å². The minimum Gasteiger partial charge on any atom is -0.493 e. The Hall–Kier alpha value is -4.16. The van der Waals surface area contributed by atoms with Gasteiger partial charge in [-0.05, 0) is 36.2 Å². The summed E-state index contributed by atoms with van der Waals surface area (Å²) in [5.74, 6) is 1.14. The maximum absolute atomic E-state index is 13.3. The molecule has 0 amide bonds. The van der Waals surface area contributed by atoms with Crippen LogP contribution in [0.5, 0.6) is 11.5 Å². The van der Waals surface area contributed by atoms with Gasteiger partial charge in [0.2, 0.25) is 5.78 Å². The summed E-state index contributed by atoms with van der Waals surface area (Å²) in [4.78, 5) is 19.5. The third-order valence-electron chi connectivity index (χ3n) is 5.98. The van der Waals surface area contributed by atoms with Crippen molar-refractivity contribution in [3.05, 3.63) is 94.9 Å². The third-order valence-corrected chi connectivity index (χ3v) is 7.08. The second-order valence-electron chi connectivity index (χ2n) is 8.21. The van der Waals surface area contributed by atoms with Gasteiger partial charge < -0.3 is 15.2 Å². The van der Waals surface area contributed by atoms with E-state index in [4.69, 9.17) is 20.2 Å². The number of pyridine rings is 1. The first-order valence-corrected chi connectivity index (χ1v) is 11.9. The molecule has 35 heavy (non-hydrogen) atoms. The van der Waals surface area contributed by atoms with Crippen LogP contribution in [0, 0.1) is 6.92 Å². The monoisotopic (exact) mass is 480 g/mol. The zero-order valence-electron chi connectivity index (χ0n) is 19.7. The van der Waals surface area contributed by atoms with Gasteiger partial charge in [0.1, 0.15) is 9.71 Å². The lowest BCUT2D eigenvalue weighted by Crippen LogP contribution is -2.01. The largest absolute Gasteiger partial charge is 0.493 e. The van der Waals surface area contributed by atoms with Crippen LogP contribution in [0.1, 0.15) is 20.8 Å². The molecule has 0 radical (unpaired) electrons. The van der Waals surface area contributed by atoms with E-state index in [-0.39, 0.29) is 5.78 Å². The lowest BCUT2D eigenvalue weighted by Gasteiger charge is -2.12. The standard InChI is InChI=1S/C29H24N2O3S/c1-17-9-11-18(12-10-17)22-16-21(20-13-14-23(33-2)24(15-20)34-3)25-26(30)28(35-29(25)31-22)27(32)19-7-5-4-6-8-19/h4-16H,30H2,1-3H3. The summed E-state index contributed by atoms with van der Waals surface area (Å²) in [5, 5.41) is 0.761. The molecule has 5 rings (SSSR count). The van der Waals surface area contributed by atoms with E-state index in [2.05, 4.69) is 31.2 Å². The fourth-order valence-corrected chi connectivity index (χ4v) is 5.20. The number of nitrogens with zero attached hydrogens (tertiary/aromatic N) is 1. The Balaban J connectivity index is 1.77. The first-order valence-electron chi connectivity index (χ1n) is 11.1. The van der Waals surface area contributed by atoms with Gasteiger partial charge in [0, 0.05) is 16.5 Å². The maximum atomic E-state index is 13.3. The summed E-state index contributed by atoms with van der Waals surface area (Å²) in [6.07, 6.45) is 0. The number of benzene rings is 3. The second-order valence-corrected chi connectivity index (χ2v) is 9.21. The summed E-state index contributed by atoms with van der Waals surface area (Å²) in [7, 11) is 3.22. The molecule has 3 aromatic carbocycles. The molecule has 0 aliphatic heterocycles. The number of hydrogen-bond donors (Lipinski definition) is 1. The fraction of sp³-hybridized carbons (Fsp3) is 0.103. The van der Waals surface area contributed by atoms with Gasteiger partial charge in [-0.2, -0.15) is 0 Å².